The van der Waals surface area contributed by atoms with E-state index in [0.717, 1.165) is 36.6 Å². The Bertz CT molecular complexity index is 448. The van der Waals surface area contributed by atoms with Gasteiger partial charge in [-0.05, 0) is 33.1 Å². The number of rotatable bonds is 5. The molecule has 1 aliphatic carbocycles. The van der Waals surface area contributed by atoms with E-state index in [0.29, 0.717) is 6.61 Å². The highest BCUT2D eigenvalue weighted by Crippen LogP contribution is 2.39. The molecule has 0 bridgehead atoms. The molecule has 4 nitrogen and oxygen atoms in total. The van der Waals surface area contributed by atoms with Crippen molar-refractivity contribution >= 4 is 5.82 Å². The number of hydrogen-bond acceptors (Lipinski definition) is 4. The Morgan fingerprint density at radius 2 is 1.85 bits per heavy atom. The van der Waals surface area contributed by atoms with Crippen molar-refractivity contribution in [3.8, 4) is 0 Å². The Morgan fingerprint density at radius 3 is 2.40 bits per heavy atom. The van der Waals surface area contributed by atoms with Crippen LogP contribution < -0.4 is 5.32 Å². The van der Waals surface area contributed by atoms with Crippen LogP contribution in [-0.4, -0.2) is 23.6 Å². The molecule has 1 aromatic heterocycles. The van der Waals surface area contributed by atoms with Crippen molar-refractivity contribution in [1.29, 1.82) is 0 Å². The first-order valence-electron chi connectivity index (χ1n) is 7.86. The van der Waals surface area contributed by atoms with Crippen LogP contribution in [0, 0.1) is 6.92 Å². The summed E-state index contributed by atoms with van der Waals surface area (Å²) in [5.74, 6) is 1.83. The normalized spacial score (nSPS) is 18.0. The number of anilines is 1. The molecule has 1 N–H and O–H groups in total. The largest absolute Gasteiger partial charge is 0.373 e. The number of nitrogens with one attached hydrogen (secondary N) is 1. The van der Waals surface area contributed by atoms with E-state index in [9.17, 15) is 0 Å². The quantitative estimate of drug-likeness (QED) is 0.893. The highest BCUT2D eigenvalue weighted by Gasteiger charge is 2.38. The van der Waals surface area contributed by atoms with E-state index < -0.39 is 0 Å². The van der Waals surface area contributed by atoms with Crippen LogP contribution >= 0.6 is 0 Å². The van der Waals surface area contributed by atoms with Gasteiger partial charge in [0.15, 0.2) is 5.82 Å². The Hall–Kier alpha value is -1.16. The Morgan fingerprint density at radius 1 is 1.15 bits per heavy atom. The fraction of sp³-hybridized carbons (Fsp3) is 0.750. The van der Waals surface area contributed by atoms with Gasteiger partial charge in [-0.3, -0.25) is 0 Å². The molecular weight excluding hydrogens is 250 g/mol. The average Bonchev–Trinajstić information content (AvgIpc) is 2.47. The molecule has 0 aliphatic heterocycles. The van der Waals surface area contributed by atoms with Crippen molar-refractivity contribution in [2.45, 2.75) is 64.9 Å². The summed E-state index contributed by atoms with van der Waals surface area (Å²) in [7, 11) is 1.93. The number of ether oxygens (including phenoxy) is 1. The van der Waals surface area contributed by atoms with Gasteiger partial charge in [-0.1, -0.05) is 26.2 Å². The molecule has 0 aromatic carbocycles. The van der Waals surface area contributed by atoms with Crippen LogP contribution in [0.4, 0.5) is 5.82 Å². The maximum atomic E-state index is 6.13. The second-order valence-electron chi connectivity index (χ2n) is 5.55. The summed E-state index contributed by atoms with van der Waals surface area (Å²) in [5.41, 5.74) is 2.01. The van der Waals surface area contributed by atoms with Crippen LogP contribution in [0.25, 0.3) is 0 Å². The second kappa shape index (κ2) is 6.53. The standard InChI is InChI=1S/C16H27N3O/c1-5-13-12(3)18-15(19-14(13)17-4)16(20-6-2)10-8-7-9-11-16/h5-11H2,1-4H3,(H,17,18,19). The van der Waals surface area contributed by atoms with E-state index in [1.165, 1.54) is 24.8 Å². The van der Waals surface area contributed by atoms with Gasteiger partial charge < -0.3 is 10.1 Å². The molecule has 4 heteroatoms. The van der Waals surface area contributed by atoms with Crippen LogP contribution in [0.15, 0.2) is 0 Å². The monoisotopic (exact) mass is 277 g/mol. The summed E-state index contributed by atoms with van der Waals surface area (Å²) in [4.78, 5) is 9.58. The lowest BCUT2D eigenvalue weighted by molar-refractivity contribution is -0.0767. The van der Waals surface area contributed by atoms with E-state index in [1.807, 2.05) is 7.05 Å². The Kier molecular flexibility index (Phi) is 4.97. The number of nitrogens with zero attached hydrogens (tertiary/aromatic N) is 2. The molecule has 1 aliphatic rings. The van der Waals surface area contributed by atoms with Crippen molar-refractivity contribution < 1.29 is 4.74 Å². The van der Waals surface area contributed by atoms with Crippen molar-refractivity contribution in [2.24, 2.45) is 0 Å². The Balaban J connectivity index is 2.45. The molecule has 0 spiro atoms. The summed E-state index contributed by atoms with van der Waals surface area (Å²) in [6.45, 7) is 6.99. The fourth-order valence-electron chi connectivity index (χ4n) is 3.26. The van der Waals surface area contributed by atoms with E-state index in [1.54, 1.807) is 0 Å². The van der Waals surface area contributed by atoms with Gasteiger partial charge in [0.25, 0.3) is 0 Å². The zero-order valence-electron chi connectivity index (χ0n) is 13.3. The minimum absolute atomic E-state index is 0.268. The van der Waals surface area contributed by atoms with Crippen molar-refractivity contribution in [1.82, 2.24) is 9.97 Å². The zero-order chi connectivity index (χ0) is 14.6. The fourth-order valence-corrected chi connectivity index (χ4v) is 3.26. The van der Waals surface area contributed by atoms with E-state index in [4.69, 9.17) is 14.7 Å². The third-order valence-electron chi connectivity index (χ3n) is 4.29. The first-order valence-corrected chi connectivity index (χ1v) is 7.86. The van der Waals surface area contributed by atoms with E-state index >= 15 is 0 Å². The van der Waals surface area contributed by atoms with Gasteiger partial charge in [-0.25, -0.2) is 9.97 Å². The summed E-state index contributed by atoms with van der Waals surface area (Å²) < 4.78 is 6.13. The maximum Gasteiger partial charge on any atom is 0.162 e. The molecule has 0 amide bonds. The van der Waals surface area contributed by atoms with Crippen LogP contribution in [0.1, 0.15) is 63.0 Å². The average molecular weight is 277 g/mol. The van der Waals surface area contributed by atoms with Crippen LogP contribution in [-0.2, 0) is 16.8 Å². The smallest absolute Gasteiger partial charge is 0.162 e. The lowest BCUT2D eigenvalue weighted by Crippen LogP contribution is -2.35. The summed E-state index contributed by atoms with van der Waals surface area (Å²) >= 11 is 0. The van der Waals surface area contributed by atoms with Gasteiger partial charge in [0.1, 0.15) is 11.4 Å². The van der Waals surface area contributed by atoms with Crippen LogP contribution in [0.2, 0.25) is 0 Å². The predicted octanol–water partition coefficient (Wildman–Crippen LogP) is 3.59. The molecule has 1 aromatic rings. The zero-order valence-corrected chi connectivity index (χ0v) is 13.3. The van der Waals surface area contributed by atoms with Gasteiger partial charge in [0, 0.05) is 24.9 Å². The molecule has 112 valence electrons. The topological polar surface area (TPSA) is 47.0 Å². The van der Waals surface area contributed by atoms with E-state index in [-0.39, 0.29) is 5.60 Å². The lowest BCUT2D eigenvalue weighted by Gasteiger charge is -2.36. The second-order valence-corrected chi connectivity index (χ2v) is 5.55. The molecule has 0 unspecified atom stereocenters. The predicted molar refractivity (Wildman–Crippen MR) is 82.1 cm³/mol. The molecule has 0 atom stereocenters. The van der Waals surface area contributed by atoms with Crippen LogP contribution in [0.3, 0.4) is 0 Å². The molecule has 0 saturated heterocycles. The Labute approximate surface area is 122 Å². The SMILES string of the molecule is CCOC1(c2nc(C)c(CC)c(NC)n2)CCCCC1. The molecule has 1 saturated carbocycles. The highest BCUT2D eigenvalue weighted by atomic mass is 16.5. The third-order valence-corrected chi connectivity index (χ3v) is 4.29. The minimum atomic E-state index is -0.268. The molecule has 1 fully saturated rings. The summed E-state index contributed by atoms with van der Waals surface area (Å²) in [6.07, 6.45) is 6.72. The molecule has 20 heavy (non-hydrogen) atoms. The van der Waals surface area contributed by atoms with Crippen molar-refractivity contribution in [2.75, 3.05) is 19.0 Å². The number of aromatic nitrogens is 2. The van der Waals surface area contributed by atoms with E-state index in [2.05, 4.69) is 26.1 Å². The van der Waals surface area contributed by atoms with Crippen molar-refractivity contribution in [3.63, 3.8) is 0 Å². The highest BCUT2D eigenvalue weighted by molar-refractivity contribution is 5.46. The molecule has 2 rings (SSSR count). The molecule has 1 heterocycles. The van der Waals surface area contributed by atoms with Crippen LogP contribution in [0.5, 0.6) is 0 Å². The van der Waals surface area contributed by atoms with Gasteiger partial charge >= 0.3 is 0 Å². The summed E-state index contributed by atoms with van der Waals surface area (Å²) in [6, 6.07) is 0. The lowest BCUT2D eigenvalue weighted by atomic mass is 9.83. The molecular formula is C16H27N3O. The first kappa shape index (κ1) is 15.2. The maximum absolute atomic E-state index is 6.13. The summed E-state index contributed by atoms with van der Waals surface area (Å²) in [5, 5.41) is 3.22. The van der Waals surface area contributed by atoms with Crippen molar-refractivity contribution in [3.05, 3.63) is 17.1 Å². The minimum Gasteiger partial charge on any atom is -0.373 e. The van der Waals surface area contributed by atoms with Gasteiger partial charge in [0.05, 0.1) is 0 Å². The van der Waals surface area contributed by atoms with Gasteiger partial charge in [-0.15, -0.1) is 0 Å². The number of aryl methyl sites for hydroxylation is 1. The van der Waals surface area contributed by atoms with Gasteiger partial charge in [-0.2, -0.15) is 0 Å². The van der Waals surface area contributed by atoms with Gasteiger partial charge in [0.2, 0.25) is 0 Å². The number of hydrogen-bond donors (Lipinski definition) is 1. The molecule has 0 radical (unpaired) electrons. The first-order chi connectivity index (χ1) is 9.66. The third kappa shape index (κ3) is 2.80.